The van der Waals surface area contributed by atoms with Gasteiger partial charge in [0.2, 0.25) is 5.95 Å². The van der Waals surface area contributed by atoms with E-state index < -0.39 is 0 Å². The first-order valence-electron chi connectivity index (χ1n) is 10.8. The molecule has 0 saturated heterocycles. The molecule has 0 atom stereocenters. The highest BCUT2D eigenvalue weighted by molar-refractivity contribution is 6.32. The summed E-state index contributed by atoms with van der Waals surface area (Å²) in [6.45, 7) is 5.69. The average molecular weight is 495 g/mol. The van der Waals surface area contributed by atoms with E-state index in [4.69, 9.17) is 16.3 Å². The summed E-state index contributed by atoms with van der Waals surface area (Å²) in [6.07, 6.45) is 5.09. The van der Waals surface area contributed by atoms with Crippen molar-refractivity contribution in [1.29, 1.82) is 0 Å². The van der Waals surface area contributed by atoms with E-state index in [0.717, 1.165) is 5.56 Å². The van der Waals surface area contributed by atoms with Crippen LogP contribution >= 0.6 is 11.6 Å². The SMILES string of the molecule is COc1cc(C(=O)Nc2ccc(F)c(C)c2)ccc1Nc1ncc(Cl)c(-c2cnn(C(C)C)c2)n1. The molecule has 0 bridgehead atoms. The number of rotatable bonds is 7. The van der Waals surface area contributed by atoms with Crippen LogP contribution in [0.4, 0.5) is 21.7 Å². The average Bonchev–Trinajstić information content (AvgIpc) is 3.33. The predicted molar refractivity (Wildman–Crippen MR) is 134 cm³/mol. The molecule has 0 radical (unpaired) electrons. The molecule has 0 aliphatic carbocycles. The van der Waals surface area contributed by atoms with Gasteiger partial charge < -0.3 is 15.4 Å². The maximum atomic E-state index is 13.5. The molecule has 1 amide bonds. The first-order valence-corrected chi connectivity index (χ1v) is 11.2. The van der Waals surface area contributed by atoms with E-state index >= 15 is 0 Å². The van der Waals surface area contributed by atoms with Crippen molar-refractivity contribution in [3.8, 4) is 17.0 Å². The topological polar surface area (TPSA) is 94.0 Å². The number of halogens is 2. The van der Waals surface area contributed by atoms with Gasteiger partial charge in [-0.2, -0.15) is 5.10 Å². The fraction of sp³-hybridized carbons (Fsp3) is 0.200. The largest absolute Gasteiger partial charge is 0.495 e. The van der Waals surface area contributed by atoms with Crippen molar-refractivity contribution in [2.24, 2.45) is 0 Å². The summed E-state index contributed by atoms with van der Waals surface area (Å²) < 4.78 is 20.8. The fourth-order valence-electron chi connectivity index (χ4n) is 3.35. The minimum absolute atomic E-state index is 0.203. The number of aromatic nitrogens is 4. The lowest BCUT2D eigenvalue weighted by Gasteiger charge is -2.13. The molecule has 8 nitrogen and oxygen atoms in total. The fourth-order valence-corrected chi connectivity index (χ4v) is 3.55. The number of anilines is 3. The molecule has 35 heavy (non-hydrogen) atoms. The van der Waals surface area contributed by atoms with Gasteiger partial charge >= 0.3 is 0 Å². The summed E-state index contributed by atoms with van der Waals surface area (Å²) in [4.78, 5) is 21.5. The number of carbonyl (C=O) groups excluding carboxylic acids is 1. The molecule has 2 heterocycles. The first kappa shape index (κ1) is 24.2. The Morgan fingerprint density at radius 2 is 1.97 bits per heavy atom. The molecule has 10 heteroatoms. The third-order valence-corrected chi connectivity index (χ3v) is 5.55. The van der Waals surface area contributed by atoms with Gasteiger partial charge in [-0.15, -0.1) is 0 Å². The maximum absolute atomic E-state index is 13.5. The summed E-state index contributed by atoms with van der Waals surface area (Å²) in [6, 6.07) is 9.52. The van der Waals surface area contributed by atoms with Crippen LogP contribution in [0.15, 0.2) is 55.0 Å². The van der Waals surface area contributed by atoms with Crippen LogP contribution in [0.3, 0.4) is 0 Å². The van der Waals surface area contributed by atoms with Crippen molar-refractivity contribution in [3.63, 3.8) is 0 Å². The lowest BCUT2D eigenvalue weighted by Crippen LogP contribution is -2.12. The predicted octanol–water partition coefficient (Wildman–Crippen LogP) is 6.03. The number of amides is 1. The molecule has 2 aromatic carbocycles. The minimum atomic E-state index is -0.354. The Morgan fingerprint density at radius 3 is 2.66 bits per heavy atom. The number of methoxy groups -OCH3 is 1. The molecule has 0 saturated carbocycles. The van der Waals surface area contributed by atoms with Crippen molar-refractivity contribution >= 4 is 34.8 Å². The Kier molecular flexibility index (Phi) is 6.97. The van der Waals surface area contributed by atoms with Gasteiger partial charge in [0, 0.05) is 29.1 Å². The normalized spacial score (nSPS) is 10.9. The van der Waals surface area contributed by atoms with Crippen molar-refractivity contribution in [3.05, 3.63) is 77.0 Å². The maximum Gasteiger partial charge on any atom is 0.255 e. The standard InChI is InChI=1S/C25H24ClFN6O2/c1-14(2)33-13-17(11-29-33)23-19(26)12-28-25(32-23)31-21-8-5-16(10-22(21)35-4)24(34)30-18-6-7-20(27)15(3)9-18/h5-14H,1-4H3,(H,30,34)(H,28,31,32). The summed E-state index contributed by atoms with van der Waals surface area (Å²) in [5.74, 6) is 0.0362. The number of carbonyl (C=O) groups is 1. The van der Waals surface area contributed by atoms with Crippen molar-refractivity contribution < 1.29 is 13.9 Å². The van der Waals surface area contributed by atoms with E-state index in [0.29, 0.717) is 44.9 Å². The van der Waals surface area contributed by atoms with Gasteiger partial charge in [0.25, 0.3) is 5.91 Å². The van der Waals surface area contributed by atoms with E-state index in [-0.39, 0.29) is 17.8 Å². The third kappa shape index (κ3) is 5.41. The van der Waals surface area contributed by atoms with Gasteiger partial charge in [0.05, 0.1) is 35.9 Å². The Balaban J connectivity index is 1.55. The van der Waals surface area contributed by atoms with E-state index in [2.05, 4.69) is 25.7 Å². The molecule has 2 aromatic heterocycles. The Hall–Kier alpha value is -3.98. The van der Waals surface area contributed by atoms with Gasteiger partial charge in [-0.3, -0.25) is 9.48 Å². The zero-order chi connectivity index (χ0) is 25.1. The monoisotopic (exact) mass is 494 g/mol. The van der Waals surface area contributed by atoms with Gasteiger partial charge in [0.15, 0.2) is 0 Å². The van der Waals surface area contributed by atoms with Crippen LogP contribution in [0, 0.1) is 12.7 Å². The second-order valence-electron chi connectivity index (χ2n) is 8.15. The molecule has 4 aromatic rings. The number of aryl methyl sites for hydroxylation is 1. The molecule has 0 fully saturated rings. The van der Waals surface area contributed by atoms with Crippen LogP contribution in [-0.4, -0.2) is 32.8 Å². The quantitative estimate of drug-likeness (QED) is 0.326. The lowest BCUT2D eigenvalue weighted by molar-refractivity contribution is 0.102. The highest BCUT2D eigenvalue weighted by Gasteiger charge is 2.15. The summed E-state index contributed by atoms with van der Waals surface area (Å²) in [7, 11) is 1.50. The van der Waals surface area contributed by atoms with E-state index in [1.54, 1.807) is 37.4 Å². The van der Waals surface area contributed by atoms with Crippen LogP contribution in [-0.2, 0) is 0 Å². The van der Waals surface area contributed by atoms with Crippen molar-refractivity contribution in [1.82, 2.24) is 19.7 Å². The Labute approximate surface area is 207 Å². The second-order valence-corrected chi connectivity index (χ2v) is 8.56. The molecule has 0 spiro atoms. The molecule has 4 rings (SSSR count). The van der Waals surface area contributed by atoms with Gasteiger partial charge in [-0.05, 0) is 62.7 Å². The smallest absolute Gasteiger partial charge is 0.255 e. The van der Waals surface area contributed by atoms with Crippen LogP contribution in [0.1, 0.15) is 35.8 Å². The zero-order valence-corrected chi connectivity index (χ0v) is 20.4. The van der Waals surface area contributed by atoms with Gasteiger partial charge in [0.1, 0.15) is 11.6 Å². The van der Waals surface area contributed by atoms with Crippen LogP contribution in [0.5, 0.6) is 5.75 Å². The number of nitrogens with one attached hydrogen (secondary N) is 2. The van der Waals surface area contributed by atoms with Crippen molar-refractivity contribution in [2.75, 3.05) is 17.7 Å². The van der Waals surface area contributed by atoms with Crippen LogP contribution < -0.4 is 15.4 Å². The van der Waals surface area contributed by atoms with Crippen LogP contribution in [0.2, 0.25) is 5.02 Å². The molecule has 2 N–H and O–H groups in total. The Bertz CT molecular complexity index is 1390. The number of hydrogen-bond donors (Lipinski definition) is 2. The third-order valence-electron chi connectivity index (χ3n) is 5.27. The number of nitrogens with zero attached hydrogens (tertiary/aromatic N) is 4. The van der Waals surface area contributed by atoms with Gasteiger partial charge in [-0.25, -0.2) is 14.4 Å². The highest BCUT2D eigenvalue weighted by Crippen LogP contribution is 2.31. The summed E-state index contributed by atoms with van der Waals surface area (Å²) >= 11 is 6.34. The van der Waals surface area contributed by atoms with Gasteiger partial charge in [-0.1, -0.05) is 11.6 Å². The summed E-state index contributed by atoms with van der Waals surface area (Å²) in [5.41, 5.74) is 3.18. The van der Waals surface area contributed by atoms with E-state index in [9.17, 15) is 9.18 Å². The summed E-state index contributed by atoms with van der Waals surface area (Å²) in [5, 5.41) is 10.6. The molecule has 180 valence electrons. The van der Waals surface area contributed by atoms with E-state index in [1.165, 1.54) is 25.4 Å². The highest BCUT2D eigenvalue weighted by atomic mass is 35.5. The van der Waals surface area contributed by atoms with Crippen molar-refractivity contribution in [2.45, 2.75) is 26.8 Å². The Morgan fingerprint density at radius 1 is 1.17 bits per heavy atom. The second kappa shape index (κ2) is 10.1. The number of ether oxygens (including phenoxy) is 1. The molecule has 0 unspecified atom stereocenters. The number of benzene rings is 2. The first-order chi connectivity index (χ1) is 16.7. The molecular weight excluding hydrogens is 471 g/mol. The number of hydrogen-bond acceptors (Lipinski definition) is 6. The minimum Gasteiger partial charge on any atom is -0.495 e. The molecule has 0 aliphatic heterocycles. The molecule has 0 aliphatic rings. The van der Waals surface area contributed by atoms with Crippen LogP contribution in [0.25, 0.3) is 11.3 Å². The van der Waals surface area contributed by atoms with E-state index in [1.807, 2.05) is 24.7 Å². The zero-order valence-electron chi connectivity index (χ0n) is 19.6. The lowest BCUT2D eigenvalue weighted by atomic mass is 10.1. The molecular formula is C25H24ClFN6O2.